The minimum absolute atomic E-state index is 0.0849. The van der Waals surface area contributed by atoms with Crippen molar-refractivity contribution in [2.45, 2.75) is 6.04 Å². The lowest BCUT2D eigenvalue weighted by Gasteiger charge is -2.33. The number of aryl methyl sites for hydroxylation is 1. The van der Waals surface area contributed by atoms with Crippen molar-refractivity contribution < 1.29 is 22.3 Å². The molecule has 1 fully saturated rings. The standard InChI is InChI=1S/C20H18FN5O5S/c1-25-11-23-17-5-3-13(7-14(17)20(25)27)31-19-15(8-22)18(6-4-16(19)21)24-32(28,29)26(2)12-9-30-10-12/h3-7,11-12,24H,9-10H2,1-2H3. The van der Waals surface area contributed by atoms with Gasteiger partial charge in [0.1, 0.15) is 17.4 Å². The molecule has 0 bridgehead atoms. The summed E-state index contributed by atoms with van der Waals surface area (Å²) in [5, 5.41) is 9.87. The second kappa shape index (κ2) is 8.19. The van der Waals surface area contributed by atoms with Gasteiger partial charge < -0.3 is 14.0 Å². The van der Waals surface area contributed by atoms with Crippen LogP contribution in [0.4, 0.5) is 10.1 Å². The molecule has 0 spiro atoms. The molecule has 2 heterocycles. The Labute approximate surface area is 182 Å². The minimum Gasteiger partial charge on any atom is -0.453 e. The summed E-state index contributed by atoms with van der Waals surface area (Å²) < 4.78 is 55.1. The molecule has 2 aromatic carbocycles. The molecule has 32 heavy (non-hydrogen) atoms. The number of nitriles is 1. The summed E-state index contributed by atoms with van der Waals surface area (Å²) in [6.07, 6.45) is 1.38. The largest absolute Gasteiger partial charge is 0.453 e. The van der Waals surface area contributed by atoms with Crippen LogP contribution in [-0.2, 0) is 22.0 Å². The third-order valence-corrected chi connectivity index (χ3v) is 6.62. The number of anilines is 1. The van der Waals surface area contributed by atoms with Gasteiger partial charge in [-0.15, -0.1) is 0 Å². The van der Waals surface area contributed by atoms with E-state index < -0.39 is 21.8 Å². The van der Waals surface area contributed by atoms with Crippen LogP contribution in [0.5, 0.6) is 11.5 Å². The fourth-order valence-electron chi connectivity index (χ4n) is 3.07. The number of benzene rings is 2. The fraction of sp³-hybridized carbons (Fsp3) is 0.250. The van der Waals surface area contributed by atoms with Crippen LogP contribution in [0.15, 0.2) is 41.5 Å². The molecule has 10 nitrogen and oxygen atoms in total. The Morgan fingerprint density at radius 3 is 2.75 bits per heavy atom. The van der Waals surface area contributed by atoms with E-state index in [1.165, 1.54) is 43.2 Å². The fourth-order valence-corrected chi connectivity index (χ4v) is 4.17. The van der Waals surface area contributed by atoms with Gasteiger partial charge in [-0.3, -0.25) is 9.52 Å². The summed E-state index contributed by atoms with van der Waals surface area (Å²) in [6, 6.07) is 7.96. The molecule has 1 aliphatic heterocycles. The van der Waals surface area contributed by atoms with E-state index in [4.69, 9.17) is 9.47 Å². The van der Waals surface area contributed by atoms with Gasteiger partial charge in [0.2, 0.25) is 0 Å². The topological polar surface area (TPSA) is 127 Å². The van der Waals surface area contributed by atoms with Crippen LogP contribution in [0.2, 0.25) is 0 Å². The molecule has 1 saturated heterocycles. The van der Waals surface area contributed by atoms with Crippen molar-refractivity contribution in [3.8, 4) is 17.6 Å². The van der Waals surface area contributed by atoms with Crippen LogP contribution in [-0.4, -0.2) is 48.6 Å². The lowest BCUT2D eigenvalue weighted by atomic mass is 10.1. The first-order valence-corrected chi connectivity index (χ1v) is 10.8. The molecular formula is C20H18FN5O5S. The Morgan fingerprint density at radius 2 is 2.09 bits per heavy atom. The Bertz CT molecular complexity index is 1410. The molecular weight excluding hydrogens is 441 g/mol. The maximum absolute atomic E-state index is 14.6. The van der Waals surface area contributed by atoms with Gasteiger partial charge >= 0.3 is 10.2 Å². The minimum atomic E-state index is -4.03. The Hall–Kier alpha value is -3.53. The van der Waals surface area contributed by atoms with Crippen molar-refractivity contribution in [1.82, 2.24) is 13.9 Å². The molecule has 0 amide bonds. The first kappa shape index (κ1) is 21.7. The average Bonchev–Trinajstić information content (AvgIpc) is 2.72. The maximum atomic E-state index is 14.6. The quantitative estimate of drug-likeness (QED) is 0.595. The Morgan fingerprint density at radius 1 is 1.34 bits per heavy atom. The third kappa shape index (κ3) is 3.89. The van der Waals surface area contributed by atoms with Gasteiger partial charge in [0, 0.05) is 14.1 Å². The number of hydrogen-bond acceptors (Lipinski definition) is 7. The van der Waals surface area contributed by atoms with Crippen LogP contribution in [0.3, 0.4) is 0 Å². The van der Waals surface area contributed by atoms with Crippen molar-refractivity contribution in [2.24, 2.45) is 7.05 Å². The van der Waals surface area contributed by atoms with Gasteiger partial charge in [0.25, 0.3) is 5.56 Å². The van der Waals surface area contributed by atoms with E-state index in [1.807, 2.05) is 0 Å². The Balaban J connectivity index is 1.71. The van der Waals surface area contributed by atoms with Crippen molar-refractivity contribution in [1.29, 1.82) is 5.26 Å². The smallest absolute Gasteiger partial charge is 0.301 e. The highest BCUT2D eigenvalue weighted by Gasteiger charge is 2.32. The van der Waals surface area contributed by atoms with Crippen molar-refractivity contribution >= 4 is 26.8 Å². The first-order chi connectivity index (χ1) is 15.2. The maximum Gasteiger partial charge on any atom is 0.301 e. The van der Waals surface area contributed by atoms with Crippen LogP contribution in [0.25, 0.3) is 10.9 Å². The number of rotatable bonds is 6. The highest BCUT2D eigenvalue weighted by Crippen LogP contribution is 2.34. The number of aromatic nitrogens is 2. The van der Waals surface area contributed by atoms with E-state index in [2.05, 4.69) is 9.71 Å². The van der Waals surface area contributed by atoms with E-state index in [9.17, 15) is 22.9 Å². The molecule has 1 aromatic heterocycles. The summed E-state index contributed by atoms with van der Waals surface area (Å²) in [4.78, 5) is 16.5. The average molecular weight is 459 g/mol. The van der Waals surface area contributed by atoms with Crippen LogP contribution in [0.1, 0.15) is 5.56 Å². The monoisotopic (exact) mass is 459 g/mol. The van der Waals surface area contributed by atoms with Gasteiger partial charge in [0.05, 0.1) is 42.2 Å². The van der Waals surface area contributed by atoms with Gasteiger partial charge in [-0.2, -0.15) is 18.0 Å². The molecule has 1 N–H and O–H groups in total. The highest BCUT2D eigenvalue weighted by molar-refractivity contribution is 7.90. The second-order valence-corrected chi connectivity index (χ2v) is 8.90. The Kier molecular flexibility index (Phi) is 5.55. The zero-order chi connectivity index (χ0) is 23.0. The zero-order valence-corrected chi connectivity index (χ0v) is 17.9. The number of nitrogens with zero attached hydrogens (tertiary/aromatic N) is 4. The normalized spacial score (nSPS) is 14.2. The predicted molar refractivity (Wildman–Crippen MR) is 113 cm³/mol. The molecule has 1 aliphatic rings. The van der Waals surface area contributed by atoms with E-state index in [1.54, 1.807) is 6.07 Å². The SMILES string of the molecule is CN(C1COC1)S(=O)(=O)Nc1ccc(F)c(Oc2ccc3ncn(C)c(=O)c3c2)c1C#N. The van der Waals surface area contributed by atoms with E-state index in [0.29, 0.717) is 5.52 Å². The van der Waals surface area contributed by atoms with Gasteiger partial charge in [-0.05, 0) is 30.3 Å². The summed E-state index contributed by atoms with van der Waals surface area (Å²) in [6.45, 7) is 0.521. The number of likely N-dealkylation sites (N-methyl/N-ethyl adjacent to an activating group) is 1. The molecule has 12 heteroatoms. The van der Waals surface area contributed by atoms with Crippen LogP contribution >= 0.6 is 0 Å². The first-order valence-electron chi connectivity index (χ1n) is 9.40. The van der Waals surface area contributed by atoms with Crippen molar-refractivity contribution in [2.75, 3.05) is 25.0 Å². The number of hydrogen-bond donors (Lipinski definition) is 1. The summed E-state index contributed by atoms with van der Waals surface area (Å²) in [7, 11) is -1.10. The van der Waals surface area contributed by atoms with Gasteiger partial charge in [0.15, 0.2) is 11.6 Å². The number of halogens is 1. The molecule has 0 unspecified atom stereocenters. The molecule has 0 radical (unpaired) electrons. The van der Waals surface area contributed by atoms with Crippen molar-refractivity contribution in [3.63, 3.8) is 0 Å². The highest BCUT2D eigenvalue weighted by atomic mass is 32.2. The summed E-state index contributed by atoms with van der Waals surface area (Å²) >= 11 is 0. The molecule has 4 rings (SSSR count). The molecule has 3 aromatic rings. The molecule has 0 aliphatic carbocycles. The zero-order valence-electron chi connectivity index (χ0n) is 17.1. The third-order valence-electron chi connectivity index (χ3n) is 5.08. The lowest BCUT2D eigenvalue weighted by Crippen LogP contribution is -2.51. The second-order valence-electron chi connectivity index (χ2n) is 7.17. The number of ether oxygens (including phenoxy) is 2. The molecule has 0 atom stereocenters. The van der Waals surface area contributed by atoms with Crippen molar-refractivity contribution in [3.05, 3.63) is 58.4 Å². The van der Waals surface area contributed by atoms with Gasteiger partial charge in [-0.1, -0.05) is 0 Å². The number of nitrogens with one attached hydrogen (secondary N) is 1. The van der Waals surface area contributed by atoms with Crippen LogP contribution < -0.4 is 15.0 Å². The summed E-state index contributed by atoms with van der Waals surface area (Å²) in [5.74, 6) is -1.26. The van der Waals surface area contributed by atoms with E-state index in [0.717, 1.165) is 16.4 Å². The van der Waals surface area contributed by atoms with E-state index >= 15 is 0 Å². The molecule has 166 valence electrons. The van der Waals surface area contributed by atoms with Gasteiger partial charge in [-0.25, -0.2) is 9.37 Å². The number of fused-ring (bicyclic) bond motifs is 1. The predicted octanol–water partition coefficient (Wildman–Crippen LogP) is 1.72. The van der Waals surface area contributed by atoms with Crippen LogP contribution in [0, 0.1) is 17.1 Å². The van der Waals surface area contributed by atoms with E-state index in [-0.39, 0.29) is 47.2 Å². The molecule has 0 saturated carbocycles. The summed E-state index contributed by atoms with van der Waals surface area (Å²) in [5.41, 5.74) is -0.391. The lowest BCUT2D eigenvalue weighted by molar-refractivity contribution is -0.0303.